The fourth-order valence-corrected chi connectivity index (χ4v) is 1.94. The van der Waals surface area contributed by atoms with Gasteiger partial charge in [0.05, 0.1) is 23.5 Å². The van der Waals surface area contributed by atoms with E-state index < -0.39 is 0 Å². The molecule has 0 radical (unpaired) electrons. The molecule has 1 aromatic heterocycles. The first kappa shape index (κ1) is 9.77. The van der Waals surface area contributed by atoms with Crippen molar-refractivity contribution in [3.05, 3.63) is 47.4 Å². The van der Waals surface area contributed by atoms with Crippen LogP contribution in [0.5, 0.6) is 5.75 Å². The highest BCUT2D eigenvalue weighted by Gasteiger charge is 2.22. The molecular weight excluding hydrogens is 216 g/mol. The highest BCUT2D eigenvalue weighted by Crippen LogP contribution is 2.26. The zero-order valence-electron chi connectivity index (χ0n) is 8.96. The number of phenolic OH excluding ortho intramolecular Hbond substituents is 1. The molecule has 0 spiro atoms. The molecule has 0 atom stereocenters. The molecule has 0 amide bonds. The molecule has 0 saturated carbocycles. The molecule has 0 saturated heterocycles. The predicted octanol–water partition coefficient (Wildman–Crippen LogP) is 1.12. The van der Waals surface area contributed by atoms with Gasteiger partial charge in [-0.15, -0.1) is 0 Å². The Morgan fingerprint density at radius 2 is 2.12 bits per heavy atom. The molecule has 1 aliphatic heterocycles. The lowest BCUT2D eigenvalue weighted by Crippen LogP contribution is -2.07. The summed E-state index contributed by atoms with van der Waals surface area (Å²) in [4.78, 5) is 12.5. The average molecular weight is 226 g/mol. The molecule has 17 heavy (non-hydrogen) atoms. The number of benzene rings is 1. The van der Waals surface area contributed by atoms with E-state index in [0.29, 0.717) is 12.4 Å². The summed E-state index contributed by atoms with van der Waals surface area (Å²) in [6, 6.07) is 6.91. The van der Waals surface area contributed by atoms with Gasteiger partial charge in [-0.1, -0.05) is 12.1 Å². The number of fused-ring (bicyclic) bond motifs is 1. The number of aliphatic imine (C=N–C) groups is 1. The maximum absolute atomic E-state index is 9.47. The van der Waals surface area contributed by atoms with Gasteiger partial charge in [0.15, 0.2) is 0 Å². The van der Waals surface area contributed by atoms with Crippen molar-refractivity contribution in [3.8, 4) is 5.75 Å². The van der Waals surface area contributed by atoms with Crippen molar-refractivity contribution in [2.45, 2.75) is 6.54 Å². The van der Waals surface area contributed by atoms with Gasteiger partial charge in [-0.05, 0) is 12.1 Å². The minimum atomic E-state index is 0.203. The maximum Gasteiger partial charge on any atom is 0.136 e. The molecule has 2 heterocycles. The summed E-state index contributed by atoms with van der Waals surface area (Å²) >= 11 is 0. The van der Waals surface area contributed by atoms with Crippen LogP contribution in [0.2, 0.25) is 0 Å². The van der Waals surface area contributed by atoms with Gasteiger partial charge in [-0.2, -0.15) is 0 Å². The molecule has 0 unspecified atom stereocenters. The summed E-state index contributed by atoms with van der Waals surface area (Å²) in [6.07, 6.45) is 1.44. The Morgan fingerprint density at radius 1 is 1.24 bits per heavy atom. The Kier molecular flexibility index (Phi) is 2.04. The lowest BCUT2D eigenvalue weighted by atomic mass is 10.0. The van der Waals surface area contributed by atoms with Crippen molar-refractivity contribution in [2.24, 2.45) is 4.99 Å². The van der Waals surface area contributed by atoms with Gasteiger partial charge < -0.3 is 10.8 Å². The molecule has 0 aliphatic carbocycles. The lowest BCUT2D eigenvalue weighted by Gasteiger charge is -2.05. The lowest BCUT2D eigenvalue weighted by molar-refractivity contribution is 0.475. The van der Waals surface area contributed by atoms with Gasteiger partial charge in [-0.3, -0.25) is 4.99 Å². The maximum atomic E-state index is 9.47. The molecule has 2 aromatic rings. The molecule has 3 rings (SSSR count). The fraction of sp³-hybridized carbons (Fsp3) is 0.0833. The van der Waals surface area contributed by atoms with Crippen LogP contribution in [0.15, 0.2) is 35.6 Å². The summed E-state index contributed by atoms with van der Waals surface area (Å²) in [5.41, 5.74) is 9.02. The van der Waals surface area contributed by atoms with Gasteiger partial charge in [0.2, 0.25) is 0 Å². The number of hydrogen-bond acceptors (Lipinski definition) is 5. The molecule has 0 fully saturated rings. The van der Waals surface area contributed by atoms with Crippen molar-refractivity contribution in [2.75, 3.05) is 5.73 Å². The van der Waals surface area contributed by atoms with Crippen LogP contribution in [0.4, 0.5) is 5.82 Å². The van der Waals surface area contributed by atoms with Crippen LogP contribution in [-0.2, 0) is 6.54 Å². The minimum Gasteiger partial charge on any atom is -0.508 e. The van der Waals surface area contributed by atoms with Crippen LogP contribution >= 0.6 is 0 Å². The molecule has 0 bridgehead atoms. The largest absolute Gasteiger partial charge is 0.508 e. The second-order valence-corrected chi connectivity index (χ2v) is 3.80. The Hall–Kier alpha value is -2.43. The highest BCUT2D eigenvalue weighted by molar-refractivity contribution is 6.17. The number of nitrogens with zero attached hydrogens (tertiary/aromatic N) is 3. The molecular formula is C12H10N4O. The summed E-state index contributed by atoms with van der Waals surface area (Å²) in [5, 5.41) is 9.47. The number of nitrogens with two attached hydrogens (primary N) is 1. The Balaban J connectivity index is 2.15. The molecule has 5 nitrogen and oxygen atoms in total. The average Bonchev–Trinajstić information content (AvgIpc) is 2.74. The van der Waals surface area contributed by atoms with Gasteiger partial charge in [0, 0.05) is 5.56 Å². The molecule has 3 N–H and O–H groups in total. The predicted molar refractivity (Wildman–Crippen MR) is 63.9 cm³/mol. The number of anilines is 1. The monoisotopic (exact) mass is 226 g/mol. The van der Waals surface area contributed by atoms with Crippen molar-refractivity contribution in [1.82, 2.24) is 9.97 Å². The zero-order valence-corrected chi connectivity index (χ0v) is 8.96. The number of hydrogen-bond donors (Lipinski definition) is 2. The quantitative estimate of drug-likeness (QED) is 0.763. The smallest absolute Gasteiger partial charge is 0.136 e. The number of phenols is 1. The van der Waals surface area contributed by atoms with E-state index in [4.69, 9.17) is 5.73 Å². The minimum absolute atomic E-state index is 0.203. The van der Waals surface area contributed by atoms with Gasteiger partial charge in [-0.25, -0.2) is 9.97 Å². The number of nitrogen functional groups attached to an aromatic ring is 1. The van der Waals surface area contributed by atoms with Crippen LogP contribution in [0.25, 0.3) is 0 Å². The molecule has 1 aliphatic rings. The summed E-state index contributed by atoms with van der Waals surface area (Å²) in [6.45, 7) is 0.507. The Bertz CT molecular complexity index is 622. The van der Waals surface area contributed by atoms with Crippen LogP contribution in [0.3, 0.4) is 0 Å². The fourth-order valence-electron chi connectivity index (χ4n) is 1.94. The van der Waals surface area contributed by atoms with Gasteiger partial charge in [0.1, 0.15) is 17.9 Å². The normalized spacial score (nSPS) is 13.3. The van der Waals surface area contributed by atoms with E-state index in [0.717, 1.165) is 22.5 Å². The highest BCUT2D eigenvalue weighted by atomic mass is 16.3. The zero-order chi connectivity index (χ0) is 11.8. The van der Waals surface area contributed by atoms with E-state index in [1.54, 1.807) is 18.2 Å². The van der Waals surface area contributed by atoms with E-state index in [2.05, 4.69) is 15.0 Å². The van der Waals surface area contributed by atoms with E-state index in [9.17, 15) is 5.11 Å². The number of aromatic nitrogens is 2. The van der Waals surface area contributed by atoms with Crippen molar-refractivity contribution >= 4 is 11.5 Å². The van der Waals surface area contributed by atoms with Crippen molar-refractivity contribution in [1.29, 1.82) is 0 Å². The van der Waals surface area contributed by atoms with Crippen LogP contribution in [0.1, 0.15) is 16.8 Å². The number of rotatable bonds is 1. The van der Waals surface area contributed by atoms with E-state index in [-0.39, 0.29) is 5.75 Å². The van der Waals surface area contributed by atoms with E-state index >= 15 is 0 Å². The second-order valence-electron chi connectivity index (χ2n) is 3.80. The first-order valence-corrected chi connectivity index (χ1v) is 5.19. The van der Waals surface area contributed by atoms with E-state index in [1.165, 1.54) is 6.33 Å². The standard InChI is InChI=1S/C12H10N4O/c13-12-10-9(15-6-16-12)5-14-11(10)7-2-1-3-8(17)4-7/h1-4,6,17H,5H2,(H2,13,15,16). The third-order valence-electron chi connectivity index (χ3n) is 2.70. The van der Waals surface area contributed by atoms with Crippen LogP contribution in [0, 0.1) is 0 Å². The van der Waals surface area contributed by atoms with Gasteiger partial charge >= 0.3 is 0 Å². The first-order chi connectivity index (χ1) is 8.25. The third-order valence-corrected chi connectivity index (χ3v) is 2.70. The summed E-state index contributed by atoms with van der Waals surface area (Å²) in [5.74, 6) is 0.628. The number of aromatic hydroxyl groups is 1. The second kappa shape index (κ2) is 3.55. The van der Waals surface area contributed by atoms with Gasteiger partial charge in [0.25, 0.3) is 0 Å². The van der Waals surface area contributed by atoms with E-state index in [1.807, 2.05) is 6.07 Å². The SMILES string of the molecule is Nc1ncnc2c1C(c1cccc(O)c1)=NC2. The summed E-state index contributed by atoms with van der Waals surface area (Å²) in [7, 11) is 0. The first-order valence-electron chi connectivity index (χ1n) is 5.19. The van der Waals surface area contributed by atoms with Crippen molar-refractivity contribution in [3.63, 3.8) is 0 Å². The Labute approximate surface area is 97.7 Å². The topological polar surface area (TPSA) is 84.4 Å². The molecule has 1 aromatic carbocycles. The summed E-state index contributed by atoms with van der Waals surface area (Å²) < 4.78 is 0. The van der Waals surface area contributed by atoms with Crippen LogP contribution < -0.4 is 5.73 Å². The third kappa shape index (κ3) is 1.52. The molecule has 5 heteroatoms. The Morgan fingerprint density at radius 3 is 2.94 bits per heavy atom. The molecule has 84 valence electrons. The van der Waals surface area contributed by atoms with Crippen molar-refractivity contribution < 1.29 is 5.11 Å². The van der Waals surface area contributed by atoms with Crippen LogP contribution in [-0.4, -0.2) is 20.8 Å².